The lowest BCUT2D eigenvalue weighted by Crippen LogP contribution is -2.41. The van der Waals surface area contributed by atoms with Gasteiger partial charge in [0.1, 0.15) is 0 Å². The van der Waals surface area contributed by atoms with Gasteiger partial charge < -0.3 is 14.9 Å². The largest absolute Gasteiger partial charge is 0.401 e. The molecule has 9 heteroatoms. The fraction of sp³-hybridized carbons (Fsp3) is 0.481. The van der Waals surface area contributed by atoms with Gasteiger partial charge in [-0.3, -0.25) is 14.5 Å². The summed E-state index contributed by atoms with van der Waals surface area (Å²) in [7, 11) is 0. The molecular weight excluding hydrogens is 469 g/mol. The van der Waals surface area contributed by atoms with Gasteiger partial charge in [0.05, 0.1) is 12.1 Å². The molecule has 2 aromatic heterocycles. The van der Waals surface area contributed by atoms with Gasteiger partial charge in [0.25, 0.3) is 11.5 Å². The number of nitrogens with one attached hydrogen (secondary N) is 2. The van der Waals surface area contributed by atoms with Crippen LogP contribution in [0.3, 0.4) is 0 Å². The van der Waals surface area contributed by atoms with E-state index in [1.807, 2.05) is 51.1 Å². The third kappa shape index (κ3) is 5.36. The summed E-state index contributed by atoms with van der Waals surface area (Å²) < 4.78 is 40.5. The zero-order chi connectivity index (χ0) is 26.2. The number of para-hydroxylation sites is 1. The van der Waals surface area contributed by atoms with E-state index < -0.39 is 12.7 Å². The van der Waals surface area contributed by atoms with Crippen molar-refractivity contribution in [2.45, 2.75) is 59.3 Å². The number of carbonyl (C=O) groups excluding carboxylic acids is 1. The SMILES string of the molecule is Cc1cc(C)c(CNC(=O)c2c(C)n(C(C)C3CCN(CC(F)(F)F)CC3)c3ccccc23)c(=O)[nH]1. The average molecular weight is 503 g/mol. The predicted molar refractivity (Wildman–Crippen MR) is 134 cm³/mol. The molecule has 6 nitrogen and oxygen atoms in total. The zero-order valence-corrected chi connectivity index (χ0v) is 21.1. The molecule has 1 saturated heterocycles. The number of fused-ring (bicyclic) bond motifs is 1. The maximum Gasteiger partial charge on any atom is 0.401 e. The summed E-state index contributed by atoms with van der Waals surface area (Å²) in [5.74, 6) is -0.0531. The lowest BCUT2D eigenvalue weighted by atomic mass is 9.90. The Kier molecular flexibility index (Phi) is 7.31. The molecule has 1 aliphatic rings. The number of pyridine rings is 1. The molecule has 1 atom stereocenters. The predicted octanol–water partition coefficient (Wildman–Crippen LogP) is 5.02. The van der Waals surface area contributed by atoms with Gasteiger partial charge in [-0.15, -0.1) is 0 Å². The summed E-state index contributed by atoms with van der Waals surface area (Å²) >= 11 is 0. The first-order valence-corrected chi connectivity index (χ1v) is 12.3. The smallest absolute Gasteiger partial charge is 0.348 e. The molecule has 36 heavy (non-hydrogen) atoms. The number of hydrogen-bond acceptors (Lipinski definition) is 3. The second kappa shape index (κ2) is 10.1. The summed E-state index contributed by atoms with van der Waals surface area (Å²) in [6.45, 7) is 7.72. The molecule has 0 radical (unpaired) electrons. The number of aryl methyl sites for hydroxylation is 2. The molecule has 0 spiro atoms. The van der Waals surface area contributed by atoms with Crippen molar-refractivity contribution in [1.29, 1.82) is 0 Å². The minimum Gasteiger partial charge on any atom is -0.348 e. The highest BCUT2D eigenvalue weighted by atomic mass is 19.4. The van der Waals surface area contributed by atoms with Gasteiger partial charge in [0, 0.05) is 40.4 Å². The van der Waals surface area contributed by atoms with Crippen LogP contribution >= 0.6 is 0 Å². The van der Waals surface area contributed by atoms with E-state index in [0.717, 1.165) is 27.9 Å². The Morgan fingerprint density at radius 3 is 2.47 bits per heavy atom. The zero-order valence-electron chi connectivity index (χ0n) is 21.1. The van der Waals surface area contributed by atoms with E-state index in [1.165, 1.54) is 4.90 Å². The number of benzene rings is 1. The number of H-pyrrole nitrogens is 1. The molecular formula is C27H33F3N4O2. The van der Waals surface area contributed by atoms with Gasteiger partial charge in [0.2, 0.25) is 0 Å². The summed E-state index contributed by atoms with van der Waals surface area (Å²) in [5.41, 5.74) is 4.20. The minimum atomic E-state index is -4.18. The Bertz CT molecular complexity index is 1320. The van der Waals surface area contributed by atoms with Crippen molar-refractivity contribution >= 4 is 16.8 Å². The lowest BCUT2D eigenvalue weighted by Gasteiger charge is -2.36. The van der Waals surface area contributed by atoms with Gasteiger partial charge in [-0.1, -0.05) is 18.2 Å². The van der Waals surface area contributed by atoms with Crippen LogP contribution in [-0.4, -0.2) is 46.2 Å². The standard InChI is InChI=1S/C27H33F3N4O2/c1-16-13-17(2)32-25(35)22(16)14-31-26(36)24-19(4)34(23-8-6-5-7-21(23)24)18(3)20-9-11-33(12-10-20)15-27(28,29)30/h5-8,13,18,20H,9-12,14-15H2,1-4H3,(H,31,36)(H,32,35). The Labute approximate surface area is 208 Å². The third-order valence-corrected chi connectivity index (χ3v) is 7.43. The van der Waals surface area contributed by atoms with Crippen molar-refractivity contribution in [2.75, 3.05) is 19.6 Å². The highest BCUT2D eigenvalue weighted by molar-refractivity contribution is 6.08. The monoisotopic (exact) mass is 502 g/mol. The average Bonchev–Trinajstić information content (AvgIpc) is 3.09. The highest BCUT2D eigenvalue weighted by Crippen LogP contribution is 2.36. The van der Waals surface area contributed by atoms with Gasteiger partial charge >= 0.3 is 6.18 Å². The molecule has 194 valence electrons. The minimum absolute atomic E-state index is 0.0201. The Morgan fingerprint density at radius 1 is 1.17 bits per heavy atom. The van der Waals surface area contributed by atoms with Crippen LogP contribution < -0.4 is 10.9 Å². The number of amides is 1. The van der Waals surface area contributed by atoms with Gasteiger partial charge in [0.15, 0.2) is 0 Å². The summed E-state index contributed by atoms with van der Waals surface area (Å²) in [6, 6.07) is 9.60. The number of carbonyl (C=O) groups is 1. The molecule has 1 fully saturated rings. The van der Waals surface area contributed by atoms with Crippen molar-refractivity contribution in [3.05, 3.63) is 68.8 Å². The first kappa shape index (κ1) is 26.0. The fourth-order valence-electron chi connectivity index (χ4n) is 5.62. The fourth-order valence-corrected chi connectivity index (χ4v) is 5.62. The molecule has 3 heterocycles. The Balaban J connectivity index is 1.57. The quantitative estimate of drug-likeness (QED) is 0.497. The Morgan fingerprint density at radius 2 is 1.83 bits per heavy atom. The first-order chi connectivity index (χ1) is 17.0. The van der Waals surface area contributed by atoms with Crippen molar-refractivity contribution < 1.29 is 18.0 Å². The van der Waals surface area contributed by atoms with Crippen LogP contribution in [0.5, 0.6) is 0 Å². The molecule has 0 saturated carbocycles. The maximum atomic E-state index is 13.4. The molecule has 1 amide bonds. The van der Waals surface area contributed by atoms with Crippen molar-refractivity contribution in [3.63, 3.8) is 0 Å². The van der Waals surface area contributed by atoms with Gasteiger partial charge in [-0.2, -0.15) is 13.2 Å². The van der Waals surface area contributed by atoms with Crippen LogP contribution in [0, 0.1) is 26.7 Å². The second-order valence-electron chi connectivity index (χ2n) is 9.94. The van der Waals surface area contributed by atoms with Crippen molar-refractivity contribution in [3.8, 4) is 0 Å². The van der Waals surface area contributed by atoms with E-state index in [1.54, 1.807) is 0 Å². The molecule has 1 aromatic carbocycles. The van der Waals surface area contributed by atoms with Crippen LogP contribution in [-0.2, 0) is 6.54 Å². The first-order valence-electron chi connectivity index (χ1n) is 12.3. The molecule has 4 rings (SSSR count). The Hall–Kier alpha value is -3.07. The molecule has 1 unspecified atom stereocenters. The van der Waals surface area contributed by atoms with Crippen LogP contribution in [0.1, 0.15) is 58.7 Å². The lowest BCUT2D eigenvalue weighted by molar-refractivity contribution is -0.149. The molecule has 0 aliphatic carbocycles. The topological polar surface area (TPSA) is 70.1 Å². The molecule has 0 bridgehead atoms. The maximum absolute atomic E-state index is 13.4. The van der Waals surface area contributed by atoms with Crippen LogP contribution in [0.4, 0.5) is 13.2 Å². The second-order valence-corrected chi connectivity index (χ2v) is 9.94. The normalized spacial score (nSPS) is 16.4. The van der Waals surface area contributed by atoms with E-state index in [-0.39, 0.29) is 30.0 Å². The van der Waals surface area contributed by atoms with E-state index in [0.29, 0.717) is 37.1 Å². The summed E-state index contributed by atoms with van der Waals surface area (Å²) in [4.78, 5) is 30.0. The molecule has 1 aliphatic heterocycles. The number of hydrogen-bond donors (Lipinski definition) is 2. The number of rotatable bonds is 6. The van der Waals surface area contributed by atoms with E-state index in [4.69, 9.17) is 0 Å². The number of halogens is 3. The summed E-state index contributed by atoms with van der Waals surface area (Å²) in [6.07, 6.45) is -2.85. The highest BCUT2D eigenvalue weighted by Gasteiger charge is 2.34. The van der Waals surface area contributed by atoms with Crippen LogP contribution in [0.25, 0.3) is 10.9 Å². The number of aromatic amines is 1. The van der Waals surface area contributed by atoms with Crippen molar-refractivity contribution in [2.24, 2.45) is 5.92 Å². The number of alkyl halides is 3. The summed E-state index contributed by atoms with van der Waals surface area (Å²) in [5, 5.41) is 3.75. The van der Waals surface area contributed by atoms with E-state index >= 15 is 0 Å². The number of piperidine rings is 1. The van der Waals surface area contributed by atoms with E-state index in [9.17, 15) is 22.8 Å². The number of likely N-dealkylation sites (tertiary alicyclic amines) is 1. The molecule has 2 N–H and O–H groups in total. The number of nitrogens with zero attached hydrogens (tertiary/aromatic N) is 2. The third-order valence-electron chi connectivity index (χ3n) is 7.43. The van der Waals surface area contributed by atoms with Crippen molar-refractivity contribution in [1.82, 2.24) is 19.8 Å². The van der Waals surface area contributed by atoms with Crippen LogP contribution in [0.2, 0.25) is 0 Å². The number of aromatic nitrogens is 2. The van der Waals surface area contributed by atoms with E-state index in [2.05, 4.69) is 21.8 Å². The molecule has 3 aromatic rings. The van der Waals surface area contributed by atoms with Crippen LogP contribution in [0.15, 0.2) is 35.1 Å². The van der Waals surface area contributed by atoms with Gasteiger partial charge in [-0.25, -0.2) is 0 Å². The van der Waals surface area contributed by atoms with Gasteiger partial charge in [-0.05, 0) is 77.2 Å².